The van der Waals surface area contributed by atoms with Gasteiger partial charge in [-0.15, -0.1) is 0 Å². The Labute approximate surface area is 94.0 Å². The van der Waals surface area contributed by atoms with E-state index < -0.39 is 0 Å². The van der Waals surface area contributed by atoms with Gasteiger partial charge in [0.25, 0.3) is 0 Å². The lowest BCUT2D eigenvalue weighted by molar-refractivity contribution is 0.00259. The molecule has 1 heterocycles. The summed E-state index contributed by atoms with van der Waals surface area (Å²) in [6.07, 6.45) is 3.85. The number of nitrogens with zero attached hydrogens (tertiary/aromatic N) is 1. The average molecular weight is 214 g/mol. The minimum absolute atomic E-state index is 0.0349. The number of ether oxygens (including phenoxy) is 1. The minimum Gasteiger partial charge on any atom is -0.380 e. The van der Waals surface area contributed by atoms with Crippen LogP contribution >= 0.6 is 0 Å². The fourth-order valence-corrected chi connectivity index (χ4v) is 2.55. The molecule has 1 aliphatic heterocycles. The number of hydrogen-bond donors (Lipinski definition) is 1. The van der Waals surface area contributed by atoms with Crippen LogP contribution in [0, 0.1) is 0 Å². The average Bonchev–Trinajstić information content (AvgIpc) is 2.74. The Morgan fingerprint density at radius 3 is 2.73 bits per heavy atom. The van der Waals surface area contributed by atoms with E-state index in [9.17, 15) is 0 Å². The molecule has 2 N–H and O–H groups in total. The summed E-state index contributed by atoms with van der Waals surface area (Å²) in [6, 6.07) is 0.707. The van der Waals surface area contributed by atoms with E-state index >= 15 is 0 Å². The van der Waals surface area contributed by atoms with Gasteiger partial charge in [-0.2, -0.15) is 0 Å². The van der Waals surface area contributed by atoms with E-state index in [0.29, 0.717) is 12.6 Å². The number of hydrogen-bond acceptors (Lipinski definition) is 3. The molecule has 0 aromatic carbocycles. The largest absolute Gasteiger partial charge is 0.380 e. The SMILES string of the molecule is CCOCC(C)(CN)N1CCCC1CC. The molecule has 3 nitrogen and oxygen atoms in total. The van der Waals surface area contributed by atoms with Gasteiger partial charge in [0.05, 0.1) is 12.1 Å². The Morgan fingerprint density at radius 1 is 1.47 bits per heavy atom. The smallest absolute Gasteiger partial charge is 0.0660 e. The van der Waals surface area contributed by atoms with Crippen LogP contribution in [0.2, 0.25) is 0 Å². The Hall–Kier alpha value is -0.120. The topological polar surface area (TPSA) is 38.5 Å². The van der Waals surface area contributed by atoms with Crippen LogP contribution in [0.1, 0.15) is 40.0 Å². The van der Waals surface area contributed by atoms with E-state index in [4.69, 9.17) is 10.5 Å². The first kappa shape index (κ1) is 12.9. The Morgan fingerprint density at radius 2 is 2.20 bits per heavy atom. The van der Waals surface area contributed by atoms with Crippen LogP contribution in [0.4, 0.5) is 0 Å². The molecule has 15 heavy (non-hydrogen) atoms. The zero-order valence-electron chi connectivity index (χ0n) is 10.5. The molecule has 2 atom stereocenters. The molecule has 0 bridgehead atoms. The van der Waals surface area contributed by atoms with Crippen LogP contribution in [-0.2, 0) is 4.74 Å². The predicted molar refractivity (Wildman–Crippen MR) is 64.0 cm³/mol. The zero-order chi connectivity index (χ0) is 11.3. The Balaban J connectivity index is 2.62. The van der Waals surface area contributed by atoms with Crippen molar-refractivity contribution in [2.24, 2.45) is 5.73 Å². The second-order valence-corrected chi connectivity index (χ2v) is 4.74. The first-order valence-corrected chi connectivity index (χ1v) is 6.22. The van der Waals surface area contributed by atoms with Crippen molar-refractivity contribution in [1.29, 1.82) is 0 Å². The lowest BCUT2D eigenvalue weighted by Crippen LogP contribution is -2.56. The van der Waals surface area contributed by atoms with Gasteiger partial charge in [-0.1, -0.05) is 6.92 Å². The molecule has 0 saturated carbocycles. The summed E-state index contributed by atoms with van der Waals surface area (Å²) in [4.78, 5) is 2.56. The lowest BCUT2D eigenvalue weighted by Gasteiger charge is -2.41. The van der Waals surface area contributed by atoms with Crippen molar-refractivity contribution in [3.8, 4) is 0 Å². The molecule has 1 aliphatic rings. The van der Waals surface area contributed by atoms with Crippen LogP contribution in [0.25, 0.3) is 0 Å². The standard InChI is InChI=1S/C12H26N2O/c1-4-11-7-6-8-14(11)12(3,9-13)10-15-5-2/h11H,4-10,13H2,1-3H3. The second kappa shape index (κ2) is 5.83. The highest BCUT2D eigenvalue weighted by molar-refractivity contribution is 4.94. The molecule has 3 heteroatoms. The summed E-state index contributed by atoms with van der Waals surface area (Å²) in [5.74, 6) is 0. The molecular weight excluding hydrogens is 188 g/mol. The molecule has 0 aromatic rings. The summed E-state index contributed by atoms with van der Waals surface area (Å²) in [5.41, 5.74) is 5.96. The maximum absolute atomic E-state index is 5.92. The van der Waals surface area contributed by atoms with Crippen LogP contribution in [0.15, 0.2) is 0 Å². The molecular formula is C12H26N2O. The van der Waals surface area contributed by atoms with Gasteiger partial charge in [0.15, 0.2) is 0 Å². The van der Waals surface area contributed by atoms with E-state index in [0.717, 1.165) is 13.2 Å². The number of rotatable bonds is 6. The Kier molecular flexibility index (Phi) is 5.03. The first-order chi connectivity index (χ1) is 7.18. The Bertz CT molecular complexity index is 186. The van der Waals surface area contributed by atoms with Gasteiger partial charge in [-0.05, 0) is 39.7 Å². The van der Waals surface area contributed by atoms with Gasteiger partial charge in [0, 0.05) is 19.2 Å². The summed E-state index contributed by atoms with van der Waals surface area (Å²) in [7, 11) is 0. The van der Waals surface area contributed by atoms with Gasteiger partial charge in [0.2, 0.25) is 0 Å². The third-order valence-corrected chi connectivity index (χ3v) is 3.60. The fraction of sp³-hybridized carbons (Fsp3) is 1.00. The van der Waals surface area contributed by atoms with Crippen LogP contribution < -0.4 is 5.73 Å². The van der Waals surface area contributed by atoms with Gasteiger partial charge in [-0.3, -0.25) is 4.90 Å². The monoisotopic (exact) mass is 214 g/mol. The summed E-state index contributed by atoms with van der Waals surface area (Å²) >= 11 is 0. The molecule has 0 aliphatic carbocycles. The number of nitrogens with two attached hydrogens (primary N) is 1. The normalized spacial score (nSPS) is 26.8. The summed E-state index contributed by atoms with van der Waals surface area (Å²) < 4.78 is 5.57. The zero-order valence-corrected chi connectivity index (χ0v) is 10.5. The van der Waals surface area contributed by atoms with Crippen LogP contribution in [-0.4, -0.2) is 42.8 Å². The lowest BCUT2D eigenvalue weighted by atomic mass is 9.99. The maximum Gasteiger partial charge on any atom is 0.0660 e. The van der Waals surface area contributed by atoms with Crippen molar-refractivity contribution >= 4 is 0 Å². The fourth-order valence-electron chi connectivity index (χ4n) is 2.55. The quantitative estimate of drug-likeness (QED) is 0.730. The number of likely N-dealkylation sites (tertiary alicyclic amines) is 1. The molecule has 0 amide bonds. The molecule has 1 saturated heterocycles. The van der Waals surface area contributed by atoms with Gasteiger partial charge < -0.3 is 10.5 Å². The van der Waals surface area contributed by atoms with Gasteiger partial charge >= 0.3 is 0 Å². The molecule has 0 spiro atoms. The van der Waals surface area contributed by atoms with Crippen molar-refractivity contribution in [2.45, 2.75) is 51.6 Å². The van der Waals surface area contributed by atoms with E-state index in [1.54, 1.807) is 0 Å². The van der Waals surface area contributed by atoms with E-state index in [1.807, 2.05) is 6.92 Å². The minimum atomic E-state index is 0.0349. The predicted octanol–water partition coefficient (Wildman–Crippen LogP) is 1.61. The van der Waals surface area contributed by atoms with Crippen molar-refractivity contribution in [3.63, 3.8) is 0 Å². The summed E-state index contributed by atoms with van der Waals surface area (Å²) in [5, 5.41) is 0. The third kappa shape index (κ3) is 2.92. The molecule has 2 unspecified atom stereocenters. The van der Waals surface area contributed by atoms with Gasteiger partial charge in [-0.25, -0.2) is 0 Å². The van der Waals surface area contributed by atoms with Gasteiger partial charge in [0.1, 0.15) is 0 Å². The highest BCUT2D eigenvalue weighted by atomic mass is 16.5. The molecule has 1 fully saturated rings. The van der Waals surface area contributed by atoms with E-state index in [2.05, 4.69) is 18.7 Å². The van der Waals surface area contributed by atoms with Crippen molar-refractivity contribution in [1.82, 2.24) is 4.90 Å². The van der Waals surface area contributed by atoms with Crippen molar-refractivity contribution in [2.75, 3.05) is 26.3 Å². The van der Waals surface area contributed by atoms with E-state index in [1.165, 1.54) is 25.8 Å². The molecule has 90 valence electrons. The van der Waals surface area contributed by atoms with Crippen LogP contribution in [0.3, 0.4) is 0 Å². The maximum atomic E-state index is 5.92. The highest BCUT2D eigenvalue weighted by Crippen LogP contribution is 2.28. The first-order valence-electron chi connectivity index (χ1n) is 6.22. The molecule has 1 rings (SSSR count). The van der Waals surface area contributed by atoms with Crippen molar-refractivity contribution < 1.29 is 4.74 Å². The van der Waals surface area contributed by atoms with Crippen molar-refractivity contribution in [3.05, 3.63) is 0 Å². The summed E-state index contributed by atoms with van der Waals surface area (Å²) in [6.45, 7) is 9.94. The highest BCUT2D eigenvalue weighted by Gasteiger charge is 2.37. The van der Waals surface area contributed by atoms with Crippen LogP contribution in [0.5, 0.6) is 0 Å². The molecule has 0 aromatic heterocycles. The second-order valence-electron chi connectivity index (χ2n) is 4.74. The third-order valence-electron chi connectivity index (χ3n) is 3.60. The molecule has 0 radical (unpaired) electrons. The van der Waals surface area contributed by atoms with E-state index in [-0.39, 0.29) is 5.54 Å².